The molecule has 1 aromatic rings. The quantitative estimate of drug-likeness (QED) is 0.838. The third-order valence-electron chi connectivity index (χ3n) is 2.91. The Bertz CT molecular complexity index is 583. The molecule has 0 aliphatic heterocycles. The lowest BCUT2D eigenvalue weighted by molar-refractivity contribution is -0.140. The molecule has 2 N–H and O–H groups in total. The minimum Gasteiger partial charge on any atom is -0.480 e. The van der Waals surface area contributed by atoms with E-state index in [1.165, 1.54) is 0 Å². The molecular weight excluding hydrogens is 292 g/mol. The summed E-state index contributed by atoms with van der Waals surface area (Å²) in [6, 6.07) is 0.417. The fourth-order valence-electron chi connectivity index (χ4n) is 1.56. The maximum absolute atomic E-state index is 13.0. The number of benzene rings is 1. The molecule has 0 bridgehead atoms. The number of sulfonamides is 1. The Morgan fingerprint density at radius 3 is 2.20 bits per heavy atom. The summed E-state index contributed by atoms with van der Waals surface area (Å²) in [5.41, 5.74) is 0. The van der Waals surface area contributed by atoms with Gasteiger partial charge in [0.05, 0.1) is 4.90 Å². The Balaban J connectivity index is 3.13. The van der Waals surface area contributed by atoms with Gasteiger partial charge < -0.3 is 5.11 Å². The van der Waals surface area contributed by atoms with Crippen molar-refractivity contribution in [1.82, 2.24) is 4.72 Å². The van der Waals surface area contributed by atoms with Gasteiger partial charge in [-0.3, -0.25) is 4.79 Å². The molecule has 2 unspecified atom stereocenters. The smallest absolute Gasteiger partial charge is 0.322 e. The maximum Gasteiger partial charge on any atom is 0.322 e. The summed E-state index contributed by atoms with van der Waals surface area (Å²) in [6.07, 6.45) is 0.428. The van der Waals surface area contributed by atoms with E-state index in [9.17, 15) is 22.0 Å². The fourth-order valence-corrected chi connectivity index (χ4v) is 2.90. The molecule has 0 radical (unpaired) electrons. The molecule has 0 aromatic heterocycles. The fraction of sp³-hybridized carbons (Fsp3) is 0.417. The van der Waals surface area contributed by atoms with Gasteiger partial charge in [0.1, 0.15) is 17.7 Å². The number of carboxylic acids is 1. The Morgan fingerprint density at radius 2 is 1.80 bits per heavy atom. The number of aliphatic carboxylic acids is 1. The number of hydrogen-bond acceptors (Lipinski definition) is 3. The predicted octanol–water partition coefficient (Wildman–Crippen LogP) is 1.74. The van der Waals surface area contributed by atoms with Crippen LogP contribution in [0.1, 0.15) is 20.3 Å². The minimum atomic E-state index is -4.32. The molecule has 0 heterocycles. The van der Waals surface area contributed by atoms with Crippen LogP contribution in [0.4, 0.5) is 8.78 Å². The number of carbonyl (C=O) groups is 1. The summed E-state index contributed by atoms with van der Waals surface area (Å²) in [4.78, 5) is 10.4. The van der Waals surface area contributed by atoms with Crippen LogP contribution in [0.15, 0.2) is 23.1 Å². The van der Waals surface area contributed by atoms with Crippen molar-refractivity contribution in [3.8, 4) is 0 Å². The first-order valence-electron chi connectivity index (χ1n) is 5.88. The summed E-state index contributed by atoms with van der Waals surface area (Å²) >= 11 is 0. The Morgan fingerprint density at radius 1 is 1.30 bits per heavy atom. The second kappa shape index (κ2) is 6.27. The number of carboxylic acid groups (broad SMARTS) is 1. The zero-order valence-electron chi connectivity index (χ0n) is 10.9. The highest BCUT2D eigenvalue weighted by molar-refractivity contribution is 7.89. The van der Waals surface area contributed by atoms with E-state index in [0.29, 0.717) is 24.6 Å². The molecule has 2 atom stereocenters. The summed E-state index contributed by atoms with van der Waals surface area (Å²) < 4.78 is 51.9. The highest BCUT2D eigenvalue weighted by atomic mass is 32.2. The molecule has 0 aliphatic carbocycles. The molecule has 0 saturated heterocycles. The number of hydrogen-bond donors (Lipinski definition) is 2. The van der Waals surface area contributed by atoms with Gasteiger partial charge in [0.2, 0.25) is 10.0 Å². The van der Waals surface area contributed by atoms with Crippen molar-refractivity contribution in [3.05, 3.63) is 29.8 Å². The molecular formula is C12H15F2NO4S. The first kappa shape index (κ1) is 16.5. The SMILES string of the molecule is CCC(C)C(NS(=O)(=O)c1cc(F)cc(F)c1)C(=O)O. The highest BCUT2D eigenvalue weighted by Gasteiger charge is 2.29. The minimum absolute atomic E-state index is 0.428. The Hall–Kier alpha value is -1.54. The van der Waals surface area contributed by atoms with Gasteiger partial charge in [0.25, 0.3) is 0 Å². The van der Waals surface area contributed by atoms with Crippen LogP contribution in [0, 0.1) is 17.6 Å². The predicted molar refractivity (Wildman–Crippen MR) is 67.6 cm³/mol. The van der Waals surface area contributed by atoms with Crippen LogP contribution in [0.25, 0.3) is 0 Å². The summed E-state index contributed by atoms with van der Waals surface area (Å²) in [6.45, 7) is 3.27. The number of halogens is 2. The van der Waals surface area contributed by atoms with Crippen LogP contribution in [0.3, 0.4) is 0 Å². The van der Waals surface area contributed by atoms with Gasteiger partial charge in [-0.15, -0.1) is 0 Å². The van der Waals surface area contributed by atoms with Crippen molar-refractivity contribution in [3.63, 3.8) is 0 Å². The molecule has 0 saturated carbocycles. The van der Waals surface area contributed by atoms with Gasteiger partial charge in [-0.25, -0.2) is 17.2 Å². The molecule has 1 rings (SSSR count). The van der Waals surface area contributed by atoms with Crippen LogP contribution >= 0.6 is 0 Å². The van der Waals surface area contributed by atoms with Crippen molar-refractivity contribution in [2.75, 3.05) is 0 Å². The number of rotatable bonds is 6. The molecule has 1 aromatic carbocycles. The summed E-state index contributed by atoms with van der Waals surface area (Å²) in [5.74, 6) is -3.93. The Labute approximate surface area is 115 Å². The topological polar surface area (TPSA) is 83.5 Å². The van der Waals surface area contributed by atoms with Gasteiger partial charge in [-0.1, -0.05) is 20.3 Å². The largest absolute Gasteiger partial charge is 0.480 e. The molecule has 8 heteroatoms. The maximum atomic E-state index is 13.0. The van der Waals surface area contributed by atoms with Crippen LogP contribution in [-0.4, -0.2) is 25.5 Å². The third kappa shape index (κ3) is 3.97. The van der Waals surface area contributed by atoms with Crippen LogP contribution in [-0.2, 0) is 14.8 Å². The van der Waals surface area contributed by atoms with Crippen LogP contribution in [0.5, 0.6) is 0 Å². The molecule has 20 heavy (non-hydrogen) atoms. The molecule has 0 aliphatic rings. The Kier molecular flexibility index (Phi) is 5.18. The van der Waals surface area contributed by atoms with Crippen LogP contribution in [0.2, 0.25) is 0 Å². The zero-order valence-corrected chi connectivity index (χ0v) is 11.7. The average Bonchev–Trinajstić information content (AvgIpc) is 2.33. The van der Waals surface area contributed by atoms with Gasteiger partial charge >= 0.3 is 5.97 Å². The lowest BCUT2D eigenvalue weighted by Gasteiger charge is -2.20. The van der Waals surface area contributed by atoms with E-state index in [-0.39, 0.29) is 0 Å². The van der Waals surface area contributed by atoms with E-state index in [1.807, 2.05) is 4.72 Å². The normalized spacial score (nSPS) is 14.8. The standard InChI is InChI=1S/C12H15F2NO4S/c1-3-7(2)11(12(16)17)15-20(18,19)10-5-8(13)4-9(14)6-10/h4-7,11,15H,3H2,1-2H3,(H,16,17). The molecule has 0 fully saturated rings. The molecule has 112 valence electrons. The van der Waals surface area contributed by atoms with Gasteiger partial charge in [-0.2, -0.15) is 4.72 Å². The van der Waals surface area contributed by atoms with Crippen molar-refractivity contribution >= 4 is 16.0 Å². The second-order valence-corrected chi connectivity index (χ2v) is 6.14. The van der Waals surface area contributed by atoms with E-state index >= 15 is 0 Å². The lowest BCUT2D eigenvalue weighted by Crippen LogP contribution is -2.44. The van der Waals surface area contributed by atoms with Crippen molar-refractivity contribution in [1.29, 1.82) is 0 Å². The van der Waals surface area contributed by atoms with Gasteiger partial charge in [0, 0.05) is 6.07 Å². The molecule has 0 spiro atoms. The van der Waals surface area contributed by atoms with E-state index in [2.05, 4.69) is 0 Å². The highest BCUT2D eigenvalue weighted by Crippen LogP contribution is 2.16. The summed E-state index contributed by atoms with van der Waals surface area (Å²) in [7, 11) is -4.32. The third-order valence-corrected chi connectivity index (χ3v) is 4.33. The van der Waals surface area contributed by atoms with Gasteiger partial charge in [-0.05, 0) is 18.1 Å². The molecule has 0 amide bonds. The number of nitrogens with one attached hydrogen (secondary N) is 1. The van der Waals surface area contributed by atoms with Crippen LogP contribution < -0.4 is 4.72 Å². The lowest BCUT2D eigenvalue weighted by atomic mass is 10.0. The first-order valence-corrected chi connectivity index (χ1v) is 7.37. The van der Waals surface area contributed by atoms with E-state index in [1.54, 1.807) is 13.8 Å². The zero-order chi connectivity index (χ0) is 15.5. The second-order valence-electron chi connectivity index (χ2n) is 4.43. The van der Waals surface area contributed by atoms with E-state index in [0.717, 1.165) is 0 Å². The van der Waals surface area contributed by atoms with Crippen molar-refractivity contribution < 1.29 is 27.1 Å². The average molecular weight is 307 g/mol. The summed E-state index contributed by atoms with van der Waals surface area (Å²) in [5, 5.41) is 9.02. The van der Waals surface area contributed by atoms with Crippen molar-refractivity contribution in [2.45, 2.75) is 31.2 Å². The van der Waals surface area contributed by atoms with E-state index in [4.69, 9.17) is 5.11 Å². The van der Waals surface area contributed by atoms with E-state index < -0.39 is 44.5 Å². The first-order chi connectivity index (χ1) is 9.17. The molecule has 5 nitrogen and oxygen atoms in total. The van der Waals surface area contributed by atoms with Gasteiger partial charge in [0.15, 0.2) is 0 Å². The monoisotopic (exact) mass is 307 g/mol. The van der Waals surface area contributed by atoms with Crippen molar-refractivity contribution in [2.24, 2.45) is 5.92 Å².